The smallest absolute Gasteiger partial charge is 0.243 e. The maximum atomic E-state index is 11.5. The van der Waals surface area contributed by atoms with E-state index >= 15 is 0 Å². The molecule has 0 aromatic heterocycles. The largest absolute Gasteiger partial charge is 0.497 e. The summed E-state index contributed by atoms with van der Waals surface area (Å²) in [6, 6.07) is 7.24. The van der Waals surface area contributed by atoms with Gasteiger partial charge in [0.2, 0.25) is 15.9 Å². The molecule has 0 spiro atoms. The molecule has 0 heterocycles. The van der Waals surface area contributed by atoms with Gasteiger partial charge in [0, 0.05) is 12.6 Å². The molecule has 6 nitrogen and oxygen atoms in total. The van der Waals surface area contributed by atoms with Crippen molar-refractivity contribution < 1.29 is 17.9 Å². The van der Waals surface area contributed by atoms with Crippen LogP contribution in [0.15, 0.2) is 30.3 Å². The van der Waals surface area contributed by atoms with E-state index in [0.717, 1.165) is 11.3 Å². The maximum absolute atomic E-state index is 11.5. The van der Waals surface area contributed by atoms with Gasteiger partial charge in [0.25, 0.3) is 0 Å². The number of ether oxygens (including phenoxy) is 1. The van der Waals surface area contributed by atoms with Crippen LogP contribution in [0.2, 0.25) is 0 Å². The van der Waals surface area contributed by atoms with E-state index in [1.54, 1.807) is 25.3 Å². The quantitative estimate of drug-likeness (QED) is 0.566. The lowest BCUT2D eigenvalue weighted by Gasteiger charge is -2.01. The van der Waals surface area contributed by atoms with Gasteiger partial charge in [0.1, 0.15) is 5.75 Å². The first kappa shape index (κ1) is 16.2. The Morgan fingerprint density at radius 1 is 1.35 bits per heavy atom. The average molecular weight is 298 g/mol. The highest BCUT2D eigenvalue weighted by Gasteiger charge is 2.02. The molecule has 1 rings (SSSR count). The van der Waals surface area contributed by atoms with Gasteiger partial charge >= 0.3 is 0 Å². The molecular weight excluding hydrogens is 280 g/mol. The number of amides is 1. The Morgan fingerprint density at radius 3 is 2.55 bits per heavy atom. The van der Waals surface area contributed by atoms with Gasteiger partial charge in [-0.15, -0.1) is 0 Å². The van der Waals surface area contributed by atoms with Gasteiger partial charge in [-0.1, -0.05) is 12.1 Å². The van der Waals surface area contributed by atoms with Gasteiger partial charge in [0.15, 0.2) is 0 Å². The molecule has 1 aromatic rings. The fourth-order valence-corrected chi connectivity index (χ4v) is 1.98. The van der Waals surface area contributed by atoms with Gasteiger partial charge in [-0.2, -0.15) is 0 Å². The van der Waals surface area contributed by atoms with E-state index in [2.05, 4.69) is 5.32 Å². The number of methoxy groups -OCH3 is 1. The summed E-state index contributed by atoms with van der Waals surface area (Å²) in [6.07, 6.45) is 3.34. The SMILES string of the molecule is COc1ccc(/C=C/C(=O)NCCCS(N)(=O)=O)cc1. The summed E-state index contributed by atoms with van der Waals surface area (Å²) in [6.45, 7) is 0.266. The molecule has 110 valence electrons. The van der Waals surface area contributed by atoms with Crippen LogP contribution in [0.5, 0.6) is 5.75 Å². The lowest BCUT2D eigenvalue weighted by molar-refractivity contribution is -0.116. The van der Waals surface area contributed by atoms with Crippen molar-refractivity contribution in [1.82, 2.24) is 5.32 Å². The summed E-state index contributed by atoms with van der Waals surface area (Å²) < 4.78 is 26.4. The van der Waals surface area contributed by atoms with E-state index in [1.165, 1.54) is 6.08 Å². The van der Waals surface area contributed by atoms with Crippen LogP contribution in [0.3, 0.4) is 0 Å². The third-order valence-electron chi connectivity index (χ3n) is 2.45. The summed E-state index contributed by atoms with van der Waals surface area (Å²) >= 11 is 0. The normalized spacial score (nSPS) is 11.5. The van der Waals surface area contributed by atoms with Crippen LogP contribution in [-0.2, 0) is 14.8 Å². The first-order valence-corrected chi connectivity index (χ1v) is 7.73. The van der Waals surface area contributed by atoms with Gasteiger partial charge < -0.3 is 10.1 Å². The number of primary sulfonamides is 1. The number of rotatable bonds is 7. The molecule has 0 atom stereocenters. The summed E-state index contributed by atoms with van der Waals surface area (Å²) in [7, 11) is -1.88. The van der Waals surface area contributed by atoms with Gasteiger partial charge in [-0.3, -0.25) is 4.79 Å². The number of hydrogen-bond acceptors (Lipinski definition) is 4. The number of benzene rings is 1. The minimum atomic E-state index is -3.47. The van der Waals surface area contributed by atoms with Gasteiger partial charge in [-0.05, 0) is 30.2 Å². The van der Waals surface area contributed by atoms with Crippen LogP contribution in [0.25, 0.3) is 6.08 Å². The Hall–Kier alpha value is -1.86. The molecule has 7 heteroatoms. The Bertz CT molecular complexity index is 565. The highest BCUT2D eigenvalue weighted by Crippen LogP contribution is 2.12. The van der Waals surface area contributed by atoms with Crippen molar-refractivity contribution in [1.29, 1.82) is 0 Å². The number of nitrogens with one attached hydrogen (secondary N) is 1. The number of carbonyl (C=O) groups excluding carboxylic acids is 1. The molecule has 3 N–H and O–H groups in total. The second-order valence-corrected chi connectivity index (χ2v) is 5.85. The van der Waals surface area contributed by atoms with E-state index in [1.807, 2.05) is 12.1 Å². The number of hydrogen-bond donors (Lipinski definition) is 2. The molecule has 1 amide bonds. The number of nitrogens with two attached hydrogens (primary N) is 1. The second kappa shape index (κ2) is 7.66. The zero-order valence-corrected chi connectivity index (χ0v) is 12.0. The standard InChI is InChI=1S/C13H18N2O4S/c1-19-12-6-3-11(4-7-12)5-8-13(16)15-9-2-10-20(14,17)18/h3-8H,2,9-10H2,1H3,(H,15,16)(H2,14,17,18)/b8-5+. The fraction of sp³-hybridized carbons (Fsp3) is 0.308. The molecule has 0 fully saturated rings. The monoisotopic (exact) mass is 298 g/mol. The summed E-state index contributed by atoms with van der Waals surface area (Å²) in [5.41, 5.74) is 0.866. The highest BCUT2D eigenvalue weighted by atomic mass is 32.2. The van der Waals surface area contributed by atoms with Gasteiger partial charge in [-0.25, -0.2) is 13.6 Å². The Balaban J connectivity index is 2.35. The van der Waals surface area contributed by atoms with Crippen molar-refractivity contribution in [3.63, 3.8) is 0 Å². The van der Waals surface area contributed by atoms with Crippen molar-refractivity contribution in [3.8, 4) is 5.75 Å². The van der Waals surface area contributed by atoms with E-state index in [4.69, 9.17) is 9.88 Å². The minimum absolute atomic E-state index is 0.143. The topological polar surface area (TPSA) is 98.5 Å². The molecular formula is C13H18N2O4S. The van der Waals surface area contributed by atoms with Gasteiger partial charge in [0.05, 0.1) is 12.9 Å². The van der Waals surface area contributed by atoms with Crippen LogP contribution >= 0.6 is 0 Å². The molecule has 0 saturated heterocycles. The molecule has 0 aliphatic rings. The maximum Gasteiger partial charge on any atom is 0.243 e. The summed E-state index contributed by atoms with van der Waals surface area (Å²) in [5, 5.41) is 7.42. The fourth-order valence-electron chi connectivity index (χ4n) is 1.43. The molecule has 20 heavy (non-hydrogen) atoms. The Morgan fingerprint density at radius 2 is 2.00 bits per heavy atom. The number of carbonyl (C=O) groups is 1. The zero-order chi connectivity index (χ0) is 15.0. The Labute approximate surface area is 118 Å². The van der Waals surface area contributed by atoms with Crippen molar-refractivity contribution in [2.24, 2.45) is 5.14 Å². The van der Waals surface area contributed by atoms with E-state index in [0.29, 0.717) is 6.42 Å². The van der Waals surface area contributed by atoms with E-state index in [9.17, 15) is 13.2 Å². The lowest BCUT2D eigenvalue weighted by Crippen LogP contribution is -2.25. The molecule has 0 radical (unpaired) electrons. The molecule has 1 aromatic carbocycles. The third-order valence-corrected chi connectivity index (χ3v) is 3.31. The molecule has 0 bridgehead atoms. The van der Waals surface area contributed by atoms with E-state index < -0.39 is 10.0 Å². The van der Waals surface area contributed by atoms with E-state index in [-0.39, 0.29) is 18.2 Å². The van der Waals surface area contributed by atoms with Crippen LogP contribution in [-0.4, -0.2) is 33.7 Å². The van der Waals surface area contributed by atoms with Crippen molar-refractivity contribution in [2.75, 3.05) is 19.4 Å². The van der Waals surface area contributed by atoms with Crippen LogP contribution in [0.4, 0.5) is 0 Å². The average Bonchev–Trinajstić information content (AvgIpc) is 2.41. The molecule has 0 aliphatic heterocycles. The summed E-state index contributed by atoms with van der Waals surface area (Å²) in [4.78, 5) is 11.5. The molecule has 0 unspecified atom stereocenters. The molecule has 0 aliphatic carbocycles. The van der Waals surface area contributed by atoms with Crippen LogP contribution < -0.4 is 15.2 Å². The predicted octanol–water partition coefficient (Wildman–Crippen LogP) is 0.503. The predicted molar refractivity (Wildman–Crippen MR) is 77.6 cm³/mol. The van der Waals surface area contributed by atoms with Crippen molar-refractivity contribution >= 4 is 22.0 Å². The first-order chi connectivity index (χ1) is 9.40. The first-order valence-electron chi connectivity index (χ1n) is 6.01. The van der Waals surface area contributed by atoms with Crippen LogP contribution in [0.1, 0.15) is 12.0 Å². The van der Waals surface area contributed by atoms with Crippen LogP contribution in [0, 0.1) is 0 Å². The second-order valence-electron chi connectivity index (χ2n) is 4.12. The van der Waals surface area contributed by atoms with Crippen molar-refractivity contribution in [2.45, 2.75) is 6.42 Å². The molecule has 0 saturated carbocycles. The Kier molecular flexibility index (Phi) is 6.20. The van der Waals surface area contributed by atoms with Crippen molar-refractivity contribution in [3.05, 3.63) is 35.9 Å². The number of sulfonamides is 1. The lowest BCUT2D eigenvalue weighted by atomic mass is 10.2. The third kappa shape index (κ3) is 6.91. The zero-order valence-electron chi connectivity index (χ0n) is 11.2. The minimum Gasteiger partial charge on any atom is -0.497 e. The summed E-state index contributed by atoms with van der Waals surface area (Å²) in [5.74, 6) is 0.319. The highest BCUT2D eigenvalue weighted by molar-refractivity contribution is 7.89.